The van der Waals surface area contributed by atoms with Crippen LogP contribution in [0.25, 0.3) is 0 Å². The second-order valence-electron chi connectivity index (χ2n) is 7.30. The van der Waals surface area contributed by atoms with Crippen LogP contribution in [0, 0.1) is 6.92 Å². The van der Waals surface area contributed by atoms with Gasteiger partial charge in [0.15, 0.2) is 0 Å². The Morgan fingerprint density at radius 1 is 0.963 bits per heavy atom. The van der Waals surface area contributed by atoms with Gasteiger partial charge in [-0.2, -0.15) is 0 Å². The first kappa shape index (κ1) is 19.4. The van der Waals surface area contributed by atoms with Crippen molar-refractivity contribution in [2.45, 2.75) is 26.2 Å². The number of rotatable bonds is 8. The zero-order valence-corrected chi connectivity index (χ0v) is 16.4. The number of piperazine rings is 1. The Bertz CT molecular complexity index is 709. The van der Waals surface area contributed by atoms with Gasteiger partial charge in [0.1, 0.15) is 0 Å². The van der Waals surface area contributed by atoms with Crippen molar-refractivity contribution in [2.75, 3.05) is 44.2 Å². The highest BCUT2D eigenvalue weighted by molar-refractivity contribution is 5.76. The lowest BCUT2D eigenvalue weighted by atomic mass is 10.1. The van der Waals surface area contributed by atoms with E-state index in [9.17, 15) is 4.79 Å². The first-order valence-corrected chi connectivity index (χ1v) is 10.1. The van der Waals surface area contributed by atoms with Gasteiger partial charge in [-0.15, -0.1) is 0 Å². The van der Waals surface area contributed by atoms with Gasteiger partial charge in [0, 0.05) is 44.8 Å². The molecule has 0 spiro atoms. The number of carbonyl (C=O) groups excluding carboxylic acids is 1. The third-order valence-electron chi connectivity index (χ3n) is 5.18. The lowest BCUT2D eigenvalue weighted by Gasteiger charge is -2.36. The van der Waals surface area contributed by atoms with E-state index in [-0.39, 0.29) is 5.91 Å². The molecule has 1 N–H and O–H groups in total. The lowest BCUT2D eigenvalue weighted by Crippen LogP contribution is -2.49. The Morgan fingerprint density at radius 2 is 1.74 bits per heavy atom. The summed E-state index contributed by atoms with van der Waals surface area (Å²) >= 11 is 0. The van der Waals surface area contributed by atoms with Gasteiger partial charge in [-0.3, -0.25) is 4.79 Å². The van der Waals surface area contributed by atoms with Crippen LogP contribution in [-0.2, 0) is 11.2 Å². The number of nitrogens with zero attached hydrogens (tertiary/aromatic N) is 2. The molecule has 0 unspecified atom stereocenters. The molecule has 1 fully saturated rings. The van der Waals surface area contributed by atoms with Crippen molar-refractivity contribution in [3.63, 3.8) is 0 Å². The van der Waals surface area contributed by atoms with Crippen LogP contribution in [0.2, 0.25) is 0 Å². The molecule has 0 aromatic heterocycles. The molecule has 1 heterocycles. The van der Waals surface area contributed by atoms with E-state index in [0.29, 0.717) is 6.42 Å². The normalized spacial score (nSPS) is 14.4. The number of anilines is 1. The number of hydrogen-bond acceptors (Lipinski definition) is 3. The average molecular weight is 366 g/mol. The van der Waals surface area contributed by atoms with Crippen LogP contribution in [0.4, 0.5) is 5.69 Å². The Hall–Kier alpha value is -2.33. The molecule has 3 rings (SSSR count). The van der Waals surface area contributed by atoms with Gasteiger partial charge < -0.3 is 15.1 Å². The molecule has 4 heteroatoms. The summed E-state index contributed by atoms with van der Waals surface area (Å²) in [6.45, 7) is 7.33. The molecule has 0 atom stereocenters. The van der Waals surface area contributed by atoms with Crippen LogP contribution in [0.15, 0.2) is 54.6 Å². The summed E-state index contributed by atoms with van der Waals surface area (Å²) in [7, 11) is 0. The van der Waals surface area contributed by atoms with Crippen LogP contribution in [-0.4, -0.2) is 50.1 Å². The predicted octanol–water partition coefficient (Wildman–Crippen LogP) is 3.26. The Labute approximate surface area is 163 Å². The van der Waals surface area contributed by atoms with Crippen molar-refractivity contribution >= 4 is 11.6 Å². The topological polar surface area (TPSA) is 35.6 Å². The Balaban J connectivity index is 1.29. The lowest BCUT2D eigenvalue weighted by molar-refractivity contribution is -0.131. The van der Waals surface area contributed by atoms with Crippen molar-refractivity contribution in [1.29, 1.82) is 0 Å². The summed E-state index contributed by atoms with van der Waals surface area (Å²) in [5.74, 6) is 0.273. The van der Waals surface area contributed by atoms with Crippen LogP contribution in [0.3, 0.4) is 0 Å². The van der Waals surface area contributed by atoms with E-state index in [0.717, 1.165) is 52.1 Å². The van der Waals surface area contributed by atoms with E-state index in [4.69, 9.17) is 0 Å². The standard InChI is InChI=1S/C23H31N3O/c1-20-7-5-11-22(19-20)25-15-17-26(18-16-25)23(27)12-14-24-13-6-10-21-8-3-2-4-9-21/h2-5,7-9,11,19,24H,6,10,12-18H2,1H3. The summed E-state index contributed by atoms with van der Waals surface area (Å²) in [5, 5.41) is 3.41. The van der Waals surface area contributed by atoms with Crippen LogP contribution < -0.4 is 10.2 Å². The molecule has 1 aliphatic heterocycles. The largest absolute Gasteiger partial charge is 0.368 e. The number of amides is 1. The molecule has 0 radical (unpaired) electrons. The summed E-state index contributed by atoms with van der Waals surface area (Å²) in [5.41, 5.74) is 3.92. The van der Waals surface area contributed by atoms with Gasteiger partial charge in [0.2, 0.25) is 5.91 Å². The molecule has 2 aromatic rings. The van der Waals surface area contributed by atoms with Gasteiger partial charge in [-0.25, -0.2) is 0 Å². The molecule has 1 aliphatic rings. The Kier molecular flexibility index (Phi) is 7.28. The number of benzene rings is 2. The van der Waals surface area contributed by atoms with Crippen molar-refractivity contribution in [3.8, 4) is 0 Å². The molecule has 1 saturated heterocycles. The highest BCUT2D eigenvalue weighted by Crippen LogP contribution is 2.18. The SMILES string of the molecule is Cc1cccc(N2CCN(C(=O)CCNCCCc3ccccc3)CC2)c1. The minimum absolute atomic E-state index is 0.273. The van der Waals surface area contributed by atoms with Gasteiger partial charge in [0.05, 0.1) is 0 Å². The average Bonchev–Trinajstić information content (AvgIpc) is 2.71. The summed E-state index contributed by atoms with van der Waals surface area (Å²) in [6, 6.07) is 19.1. The van der Waals surface area contributed by atoms with Crippen LogP contribution in [0.5, 0.6) is 0 Å². The van der Waals surface area contributed by atoms with Crippen molar-refractivity contribution in [2.24, 2.45) is 0 Å². The van der Waals surface area contributed by atoms with Gasteiger partial charge in [-0.05, 0) is 49.6 Å². The number of nitrogens with one attached hydrogen (secondary N) is 1. The van der Waals surface area contributed by atoms with Gasteiger partial charge in [0.25, 0.3) is 0 Å². The fourth-order valence-corrected chi connectivity index (χ4v) is 3.58. The van der Waals surface area contributed by atoms with Crippen molar-refractivity contribution in [3.05, 3.63) is 65.7 Å². The first-order valence-electron chi connectivity index (χ1n) is 10.1. The van der Waals surface area contributed by atoms with E-state index in [2.05, 4.69) is 65.7 Å². The van der Waals surface area contributed by atoms with E-state index < -0.39 is 0 Å². The fraction of sp³-hybridized carbons (Fsp3) is 0.435. The van der Waals surface area contributed by atoms with Crippen LogP contribution in [0.1, 0.15) is 24.0 Å². The zero-order valence-electron chi connectivity index (χ0n) is 16.4. The minimum atomic E-state index is 0.273. The quantitative estimate of drug-likeness (QED) is 0.730. The number of aryl methyl sites for hydroxylation is 2. The Morgan fingerprint density at radius 3 is 2.48 bits per heavy atom. The number of hydrogen-bond donors (Lipinski definition) is 1. The second kappa shape index (κ2) is 10.1. The van der Waals surface area contributed by atoms with Gasteiger partial charge >= 0.3 is 0 Å². The van der Waals surface area contributed by atoms with Crippen molar-refractivity contribution in [1.82, 2.24) is 10.2 Å². The van der Waals surface area contributed by atoms with Crippen molar-refractivity contribution < 1.29 is 4.79 Å². The summed E-state index contributed by atoms with van der Waals surface area (Å²) in [4.78, 5) is 16.8. The predicted molar refractivity (Wildman–Crippen MR) is 112 cm³/mol. The molecule has 0 aliphatic carbocycles. The summed E-state index contributed by atoms with van der Waals surface area (Å²) in [6.07, 6.45) is 2.78. The highest BCUT2D eigenvalue weighted by atomic mass is 16.2. The van der Waals surface area contributed by atoms with Crippen LogP contribution >= 0.6 is 0 Å². The van der Waals surface area contributed by atoms with E-state index in [1.165, 1.54) is 16.8 Å². The highest BCUT2D eigenvalue weighted by Gasteiger charge is 2.20. The molecule has 144 valence electrons. The third-order valence-corrected chi connectivity index (χ3v) is 5.18. The molecule has 4 nitrogen and oxygen atoms in total. The minimum Gasteiger partial charge on any atom is -0.368 e. The number of carbonyl (C=O) groups is 1. The van der Waals surface area contributed by atoms with Gasteiger partial charge in [-0.1, -0.05) is 42.5 Å². The maximum Gasteiger partial charge on any atom is 0.223 e. The molecule has 0 saturated carbocycles. The molecular formula is C23H31N3O. The zero-order chi connectivity index (χ0) is 18.9. The van der Waals surface area contributed by atoms with E-state index >= 15 is 0 Å². The molecule has 1 amide bonds. The van der Waals surface area contributed by atoms with E-state index in [1.54, 1.807) is 0 Å². The maximum atomic E-state index is 12.4. The fourth-order valence-electron chi connectivity index (χ4n) is 3.58. The first-order chi connectivity index (χ1) is 13.2. The molecule has 27 heavy (non-hydrogen) atoms. The molecule has 0 bridgehead atoms. The summed E-state index contributed by atoms with van der Waals surface area (Å²) < 4.78 is 0. The third kappa shape index (κ3) is 6.10. The molecule has 2 aromatic carbocycles. The van der Waals surface area contributed by atoms with E-state index in [1.807, 2.05) is 11.0 Å². The smallest absolute Gasteiger partial charge is 0.223 e. The monoisotopic (exact) mass is 365 g/mol. The maximum absolute atomic E-state index is 12.4. The molecular weight excluding hydrogens is 334 g/mol. The second-order valence-corrected chi connectivity index (χ2v) is 7.30.